The average molecular weight is 294 g/mol. The van der Waals surface area contributed by atoms with Gasteiger partial charge in [-0.3, -0.25) is 4.79 Å². The van der Waals surface area contributed by atoms with Crippen LogP contribution in [0, 0.1) is 0 Å². The molecular formula is C15H22N2O4. The van der Waals surface area contributed by atoms with Gasteiger partial charge in [0.15, 0.2) is 11.5 Å². The van der Waals surface area contributed by atoms with Gasteiger partial charge in [0.1, 0.15) is 13.2 Å². The van der Waals surface area contributed by atoms with Gasteiger partial charge in [0.05, 0.1) is 12.6 Å². The van der Waals surface area contributed by atoms with Crippen molar-refractivity contribution in [3.8, 4) is 11.5 Å². The predicted octanol–water partition coefficient (Wildman–Crippen LogP) is 0.559. The number of nitrogens with zero attached hydrogens (tertiary/aromatic N) is 1. The molecule has 1 aromatic rings. The molecule has 2 rings (SSSR count). The molecule has 0 radical (unpaired) electrons. The highest BCUT2D eigenvalue weighted by Crippen LogP contribution is 2.32. The van der Waals surface area contributed by atoms with Crippen LogP contribution in [0.1, 0.15) is 18.6 Å². The summed E-state index contributed by atoms with van der Waals surface area (Å²) in [5, 5.41) is 13.1. The van der Waals surface area contributed by atoms with Crippen molar-refractivity contribution in [2.24, 2.45) is 0 Å². The molecule has 1 aliphatic rings. The van der Waals surface area contributed by atoms with E-state index in [1.807, 2.05) is 6.92 Å². The van der Waals surface area contributed by atoms with E-state index in [9.17, 15) is 9.90 Å². The number of fused-ring (bicyclic) bond motifs is 1. The first kappa shape index (κ1) is 15.6. The van der Waals surface area contributed by atoms with Gasteiger partial charge < -0.3 is 24.8 Å². The van der Waals surface area contributed by atoms with Gasteiger partial charge in [-0.25, -0.2) is 0 Å². The Morgan fingerprint density at radius 1 is 1.38 bits per heavy atom. The van der Waals surface area contributed by atoms with E-state index >= 15 is 0 Å². The summed E-state index contributed by atoms with van der Waals surface area (Å²) in [7, 11) is 1.75. The zero-order valence-corrected chi connectivity index (χ0v) is 12.5. The maximum absolute atomic E-state index is 11.6. The summed E-state index contributed by atoms with van der Waals surface area (Å²) in [5.74, 6) is 1.36. The monoisotopic (exact) mass is 294 g/mol. The minimum absolute atomic E-state index is 0.00637. The number of carbonyl (C=O) groups is 1. The molecule has 2 N–H and O–H groups in total. The molecule has 0 saturated heterocycles. The summed E-state index contributed by atoms with van der Waals surface area (Å²) in [5.41, 5.74) is 0.739. The van der Waals surface area contributed by atoms with Crippen molar-refractivity contribution in [2.75, 3.05) is 39.9 Å². The van der Waals surface area contributed by atoms with Gasteiger partial charge >= 0.3 is 0 Å². The van der Waals surface area contributed by atoms with Crippen LogP contribution in [0.25, 0.3) is 0 Å². The number of rotatable bonds is 6. The van der Waals surface area contributed by atoms with Gasteiger partial charge in [0.25, 0.3) is 0 Å². The summed E-state index contributed by atoms with van der Waals surface area (Å²) >= 11 is 0. The third-order valence-corrected chi connectivity index (χ3v) is 3.47. The van der Waals surface area contributed by atoms with Crippen LogP contribution in [-0.4, -0.2) is 55.8 Å². The highest BCUT2D eigenvalue weighted by atomic mass is 16.6. The first-order valence-electron chi connectivity index (χ1n) is 7.14. The number of hydrogen-bond acceptors (Lipinski definition) is 5. The standard InChI is InChI=1S/C15H22N2O4/c1-3-17(2)15(19)10-16-9-12(18)11-4-5-13-14(8-11)21-7-6-20-13/h4-5,8,12,16,18H,3,6-7,9-10H2,1-2H3. The van der Waals surface area contributed by atoms with Crippen molar-refractivity contribution >= 4 is 5.91 Å². The minimum Gasteiger partial charge on any atom is -0.486 e. The number of aliphatic hydroxyl groups excluding tert-OH is 1. The molecule has 6 heteroatoms. The molecule has 21 heavy (non-hydrogen) atoms. The maximum atomic E-state index is 11.6. The van der Waals surface area contributed by atoms with Crippen LogP contribution in [0.4, 0.5) is 0 Å². The lowest BCUT2D eigenvalue weighted by Crippen LogP contribution is -2.36. The molecule has 0 bridgehead atoms. The predicted molar refractivity (Wildman–Crippen MR) is 78.6 cm³/mol. The second-order valence-electron chi connectivity index (χ2n) is 4.96. The highest BCUT2D eigenvalue weighted by molar-refractivity contribution is 5.77. The summed E-state index contributed by atoms with van der Waals surface area (Å²) < 4.78 is 10.9. The van der Waals surface area contributed by atoms with Crippen LogP contribution in [0.5, 0.6) is 11.5 Å². The van der Waals surface area contributed by atoms with Gasteiger partial charge in [0, 0.05) is 20.1 Å². The van der Waals surface area contributed by atoms with Gasteiger partial charge in [-0.15, -0.1) is 0 Å². The van der Waals surface area contributed by atoms with Crippen LogP contribution >= 0.6 is 0 Å². The molecule has 1 aromatic carbocycles. The molecule has 0 spiro atoms. The molecule has 0 aromatic heterocycles. The number of benzene rings is 1. The van der Waals surface area contributed by atoms with E-state index in [-0.39, 0.29) is 12.5 Å². The summed E-state index contributed by atoms with van der Waals surface area (Å²) in [4.78, 5) is 13.3. The smallest absolute Gasteiger partial charge is 0.236 e. The molecular weight excluding hydrogens is 272 g/mol. The number of hydrogen-bond donors (Lipinski definition) is 2. The lowest BCUT2D eigenvalue weighted by molar-refractivity contribution is -0.128. The summed E-state index contributed by atoms with van der Waals surface area (Å²) in [6, 6.07) is 5.38. The van der Waals surface area contributed by atoms with Gasteiger partial charge in [-0.05, 0) is 24.6 Å². The Hall–Kier alpha value is -1.79. The van der Waals surface area contributed by atoms with E-state index in [2.05, 4.69) is 5.32 Å². The molecule has 116 valence electrons. The molecule has 1 amide bonds. The second-order valence-corrected chi connectivity index (χ2v) is 4.96. The fraction of sp³-hybridized carbons (Fsp3) is 0.533. The van der Waals surface area contributed by atoms with E-state index < -0.39 is 6.10 Å². The van der Waals surface area contributed by atoms with Crippen molar-refractivity contribution < 1.29 is 19.4 Å². The zero-order chi connectivity index (χ0) is 15.2. The summed E-state index contributed by atoms with van der Waals surface area (Å²) in [6.07, 6.45) is -0.694. The second kappa shape index (κ2) is 7.28. The first-order chi connectivity index (χ1) is 10.1. The maximum Gasteiger partial charge on any atom is 0.236 e. The van der Waals surface area contributed by atoms with Crippen molar-refractivity contribution in [1.82, 2.24) is 10.2 Å². The molecule has 0 saturated carbocycles. The van der Waals surface area contributed by atoms with E-state index in [0.29, 0.717) is 37.8 Å². The third kappa shape index (κ3) is 4.09. The fourth-order valence-electron chi connectivity index (χ4n) is 2.01. The lowest BCUT2D eigenvalue weighted by Gasteiger charge is -2.20. The Bertz CT molecular complexity index is 493. The van der Waals surface area contributed by atoms with E-state index in [0.717, 1.165) is 5.56 Å². The zero-order valence-electron chi connectivity index (χ0n) is 12.5. The molecule has 1 heterocycles. The Kier molecular flexibility index (Phi) is 5.41. The topological polar surface area (TPSA) is 71.0 Å². The Labute approximate surface area is 124 Å². The third-order valence-electron chi connectivity index (χ3n) is 3.47. The van der Waals surface area contributed by atoms with Crippen LogP contribution in [0.2, 0.25) is 0 Å². The number of ether oxygens (including phenoxy) is 2. The van der Waals surface area contributed by atoms with Gasteiger partial charge in [-0.1, -0.05) is 6.07 Å². The Morgan fingerprint density at radius 3 is 2.81 bits per heavy atom. The SMILES string of the molecule is CCN(C)C(=O)CNCC(O)c1ccc2c(c1)OCCO2. The highest BCUT2D eigenvalue weighted by Gasteiger charge is 2.15. The molecule has 1 unspecified atom stereocenters. The molecule has 1 aliphatic heterocycles. The molecule has 6 nitrogen and oxygen atoms in total. The van der Waals surface area contributed by atoms with E-state index in [1.54, 1.807) is 30.1 Å². The summed E-state index contributed by atoms with van der Waals surface area (Å²) in [6.45, 7) is 4.17. The quantitative estimate of drug-likeness (QED) is 0.802. The molecule has 0 aliphatic carbocycles. The number of aliphatic hydroxyl groups is 1. The van der Waals surface area contributed by atoms with E-state index in [4.69, 9.17) is 9.47 Å². The molecule has 1 atom stereocenters. The van der Waals surface area contributed by atoms with Crippen molar-refractivity contribution in [2.45, 2.75) is 13.0 Å². The van der Waals surface area contributed by atoms with Gasteiger partial charge in [-0.2, -0.15) is 0 Å². The number of nitrogens with one attached hydrogen (secondary N) is 1. The fourth-order valence-corrected chi connectivity index (χ4v) is 2.01. The molecule has 0 fully saturated rings. The van der Waals surface area contributed by atoms with E-state index in [1.165, 1.54) is 0 Å². The number of amides is 1. The first-order valence-corrected chi connectivity index (χ1v) is 7.14. The van der Waals surface area contributed by atoms with Crippen LogP contribution in [0.3, 0.4) is 0 Å². The van der Waals surface area contributed by atoms with Crippen molar-refractivity contribution in [3.05, 3.63) is 23.8 Å². The van der Waals surface area contributed by atoms with Crippen molar-refractivity contribution in [3.63, 3.8) is 0 Å². The van der Waals surface area contributed by atoms with Gasteiger partial charge in [0.2, 0.25) is 5.91 Å². The normalized spacial score (nSPS) is 14.6. The number of carbonyl (C=O) groups excluding carboxylic acids is 1. The van der Waals surface area contributed by atoms with Crippen LogP contribution in [0.15, 0.2) is 18.2 Å². The Morgan fingerprint density at radius 2 is 2.10 bits per heavy atom. The largest absolute Gasteiger partial charge is 0.486 e. The Balaban J connectivity index is 1.86. The average Bonchev–Trinajstić information content (AvgIpc) is 2.53. The van der Waals surface area contributed by atoms with Crippen LogP contribution < -0.4 is 14.8 Å². The minimum atomic E-state index is -0.694. The number of likely N-dealkylation sites (N-methyl/N-ethyl adjacent to an activating group) is 1. The van der Waals surface area contributed by atoms with Crippen LogP contribution in [-0.2, 0) is 4.79 Å². The van der Waals surface area contributed by atoms with Crippen molar-refractivity contribution in [1.29, 1.82) is 0 Å². The lowest BCUT2D eigenvalue weighted by atomic mass is 10.1.